The summed E-state index contributed by atoms with van der Waals surface area (Å²) in [6, 6.07) is 10.9. The van der Waals surface area contributed by atoms with Gasteiger partial charge in [0.15, 0.2) is 11.6 Å². The van der Waals surface area contributed by atoms with Gasteiger partial charge in [-0.2, -0.15) is 0 Å². The lowest BCUT2D eigenvalue weighted by atomic mass is 9.99. The summed E-state index contributed by atoms with van der Waals surface area (Å²) < 4.78 is 31.2. The van der Waals surface area contributed by atoms with Crippen molar-refractivity contribution in [3.63, 3.8) is 0 Å². The summed E-state index contributed by atoms with van der Waals surface area (Å²) in [7, 11) is 1.43. The molecule has 0 saturated carbocycles. The van der Waals surface area contributed by atoms with E-state index in [1.54, 1.807) is 24.3 Å². The Morgan fingerprint density at radius 2 is 1.60 bits per heavy atom. The van der Waals surface area contributed by atoms with Crippen molar-refractivity contribution in [2.75, 3.05) is 7.11 Å². The standard InChI is InChI=1S/C16H17F2NO/c1-20-16-7-4-12(10-15(16)18)9-14(19)8-11-2-5-13(17)6-3-11/h2-7,10,14H,8-9,19H2,1H3. The minimum Gasteiger partial charge on any atom is -0.494 e. The minimum atomic E-state index is -0.390. The number of rotatable bonds is 5. The SMILES string of the molecule is COc1ccc(CC(N)Cc2ccc(F)cc2)cc1F. The zero-order valence-corrected chi connectivity index (χ0v) is 11.3. The molecular formula is C16H17F2NO. The van der Waals surface area contributed by atoms with Gasteiger partial charge in [0.2, 0.25) is 0 Å². The zero-order chi connectivity index (χ0) is 14.5. The van der Waals surface area contributed by atoms with Gasteiger partial charge < -0.3 is 10.5 Å². The van der Waals surface area contributed by atoms with E-state index in [0.717, 1.165) is 11.1 Å². The Labute approximate surface area is 117 Å². The van der Waals surface area contributed by atoms with Crippen LogP contribution in [0.2, 0.25) is 0 Å². The lowest BCUT2D eigenvalue weighted by Gasteiger charge is -2.12. The Balaban J connectivity index is 1.99. The molecule has 0 aliphatic rings. The maximum absolute atomic E-state index is 13.6. The molecule has 2 aromatic carbocycles. The normalized spacial score (nSPS) is 12.2. The summed E-state index contributed by atoms with van der Waals surface area (Å²) in [5.41, 5.74) is 7.83. The predicted molar refractivity (Wildman–Crippen MR) is 74.7 cm³/mol. The summed E-state index contributed by atoms with van der Waals surface area (Å²) >= 11 is 0. The molecule has 4 heteroatoms. The van der Waals surface area contributed by atoms with Crippen LogP contribution in [0, 0.1) is 11.6 Å². The number of ether oxygens (including phenoxy) is 1. The molecule has 1 unspecified atom stereocenters. The second-order valence-corrected chi connectivity index (χ2v) is 4.76. The highest BCUT2D eigenvalue weighted by Crippen LogP contribution is 2.19. The van der Waals surface area contributed by atoms with E-state index in [1.807, 2.05) is 0 Å². The van der Waals surface area contributed by atoms with Crippen molar-refractivity contribution < 1.29 is 13.5 Å². The van der Waals surface area contributed by atoms with Gasteiger partial charge in [0.25, 0.3) is 0 Å². The van der Waals surface area contributed by atoms with Crippen LogP contribution in [0.5, 0.6) is 5.75 Å². The fourth-order valence-corrected chi connectivity index (χ4v) is 2.14. The first kappa shape index (κ1) is 14.5. The molecule has 2 nitrogen and oxygen atoms in total. The molecule has 2 aromatic rings. The lowest BCUT2D eigenvalue weighted by molar-refractivity contribution is 0.386. The molecule has 0 radical (unpaired) electrons. The number of halogens is 2. The van der Waals surface area contributed by atoms with Crippen molar-refractivity contribution in [3.8, 4) is 5.75 Å². The molecule has 0 saturated heterocycles. The third-order valence-electron chi connectivity index (χ3n) is 3.13. The highest BCUT2D eigenvalue weighted by molar-refractivity contribution is 5.30. The van der Waals surface area contributed by atoms with Crippen LogP contribution in [0.1, 0.15) is 11.1 Å². The number of nitrogens with two attached hydrogens (primary N) is 1. The van der Waals surface area contributed by atoms with Crippen molar-refractivity contribution in [1.82, 2.24) is 0 Å². The van der Waals surface area contributed by atoms with Crippen LogP contribution in [0.15, 0.2) is 42.5 Å². The van der Waals surface area contributed by atoms with Crippen LogP contribution in [-0.4, -0.2) is 13.2 Å². The fraction of sp³-hybridized carbons (Fsp3) is 0.250. The molecule has 20 heavy (non-hydrogen) atoms. The molecular weight excluding hydrogens is 260 g/mol. The van der Waals surface area contributed by atoms with Crippen molar-refractivity contribution >= 4 is 0 Å². The van der Waals surface area contributed by atoms with Crippen LogP contribution in [-0.2, 0) is 12.8 Å². The average Bonchev–Trinajstić information content (AvgIpc) is 2.41. The molecule has 2 N–H and O–H groups in total. The third kappa shape index (κ3) is 3.78. The Hall–Kier alpha value is -1.94. The second kappa shape index (κ2) is 6.48. The zero-order valence-electron chi connectivity index (χ0n) is 11.3. The van der Waals surface area contributed by atoms with Gasteiger partial charge in [-0.1, -0.05) is 18.2 Å². The summed E-state index contributed by atoms with van der Waals surface area (Å²) in [6.45, 7) is 0. The van der Waals surface area contributed by atoms with Crippen LogP contribution >= 0.6 is 0 Å². The smallest absolute Gasteiger partial charge is 0.165 e. The van der Waals surface area contributed by atoms with Gasteiger partial charge in [0.05, 0.1) is 7.11 Å². The van der Waals surface area contributed by atoms with Crippen molar-refractivity contribution in [2.24, 2.45) is 5.73 Å². The van der Waals surface area contributed by atoms with Gasteiger partial charge in [-0.15, -0.1) is 0 Å². The number of methoxy groups -OCH3 is 1. The van der Waals surface area contributed by atoms with Gasteiger partial charge in [-0.25, -0.2) is 8.78 Å². The summed E-state index contributed by atoms with van der Waals surface area (Å²) in [4.78, 5) is 0. The molecule has 2 rings (SSSR count). The quantitative estimate of drug-likeness (QED) is 0.911. The van der Waals surface area contributed by atoms with E-state index >= 15 is 0 Å². The lowest BCUT2D eigenvalue weighted by Crippen LogP contribution is -2.25. The van der Waals surface area contributed by atoms with Crippen molar-refractivity contribution in [1.29, 1.82) is 0 Å². The van der Waals surface area contributed by atoms with Gasteiger partial charge >= 0.3 is 0 Å². The third-order valence-corrected chi connectivity index (χ3v) is 3.13. The van der Waals surface area contributed by atoms with Crippen LogP contribution < -0.4 is 10.5 Å². The van der Waals surface area contributed by atoms with Crippen LogP contribution in [0.25, 0.3) is 0 Å². The Kier molecular flexibility index (Phi) is 4.69. The molecule has 0 aliphatic carbocycles. The van der Waals surface area contributed by atoms with Gasteiger partial charge in [-0.3, -0.25) is 0 Å². The summed E-state index contributed by atoms with van der Waals surface area (Å²) in [5, 5.41) is 0. The summed E-state index contributed by atoms with van der Waals surface area (Å²) in [5.74, 6) is -0.431. The van der Waals surface area contributed by atoms with E-state index in [-0.39, 0.29) is 23.4 Å². The monoisotopic (exact) mass is 277 g/mol. The minimum absolute atomic E-state index is 0.145. The number of hydrogen-bond acceptors (Lipinski definition) is 2. The summed E-state index contributed by atoms with van der Waals surface area (Å²) in [6.07, 6.45) is 1.17. The molecule has 0 heterocycles. The fourth-order valence-electron chi connectivity index (χ4n) is 2.14. The van der Waals surface area contributed by atoms with Crippen molar-refractivity contribution in [3.05, 3.63) is 65.2 Å². The molecule has 0 spiro atoms. The van der Waals surface area contributed by atoms with Gasteiger partial charge in [0.1, 0.15) is 5.82 Å². The van der Waals surface area contributed by atoms with E-state index in [0.29, 0.717) is 12.8 Å². The maximum Gasteiger partial charge on any atom is 0.165 e. The first-order chi connectivity index (χ1) is 9.58. The number of hydrogen-bond donors (Lipinski definition) is 1. The molecule has 0 aliphatic heterocycles. The second-order valence-electron chi connectivity index (χ2n) is 4.76. The first-order valence-electron chi connectivity index (χ1n) is 6.41. The topological polar surface area (TPSA) is 35.2 Å². The molecule has 0 bridgehead atoms. The first-order valence-corrected chi connectivity index (χ1v) is 6.41. The van der Waals surface area contributed by atoms with Crippen LogP contribution in [0.4, 0.5) is 8.78 Å². The Morgan fingerprint density at radius 3 is 2.20 bits per heavy atom. The van der Waals surface area contributed by atoms with E-state index < -0.39 is 0 Å². The van der Waals surface area contributed by atoms with Gasteiger partial charge in [-0.05, 0) is 48.2 Å². The highest BCUT2D eigenvalue weighted by Gasteiger charge is 2.09. The van der Waals surface area contributed by atoms with Crippen molar-refractivity contribution in [2.45, 2.75) is 18.9 Å². The number of benzene rings is 2. The van der Waals surface area contributed by atoms with E-state index in [9.17, 15) is 8.78 Å². The maximum atomic E-state index is 13.6. The Bertz CT molecular complexity index is 569. The molecule has 1 atom stereocenters. The van der Waals surface area contributed by atoms with E-state index in [1.165, 1.54) is 25.3 Å². The molecule has 0 amide bonds. The van der Waals surface area contributed by atoms with E-state index in [4.69, 9.17) is 10.5 Å². The molecule has 0 fully saturated rings. The van der Waals surface area contributed by atoms with Crippen LogP contribution in [0.3, 0.4) is 0 Å². The van der Waals surface area contributed by atoms with Gasteiger partial charge in [0, 0.05) is 6.04 Å². The average molecular weight is 277 g/mol. The predicted octanol–water partition coefficient (Wildman–Crippen LogP) is 3.09. The largest absolute Gasteiger partial charge is 0.494 e. The molecule has 0 aromatic heterocycles. The highest BCUT2D eigenvalue weighted by atomic mass is 19.1. The van der Waals surface area contributed by atoms with E-state index in [2.05, 4.69) is 0 Å². The molecule has 106 valence electrons. The Morgan fingerprint density at radius 1 is 1.00 bits per heavy atom.